The average Bonchev–Trinajstić information content (AvgIpc) is 3.15. The van der Waals surface area contributed by atoms with Gasteiger partial charge in [0.05, 0.1) is 12.1 Å². The minimum absolute atomic E-state index is 0. The Morgan fingerprint density at radius 2 is 1.96 bits per heavy atom. The van der Waals surface area contributed by atoms with Crippen molar-refractivity contribution in [1.82, 2.24) is 30.0 Å². The number of pyridine rings is 1. The van der Waals surface area contributed by atoms with Crippen LogP contribution in [0.2, 0.25) is 5.02 Å². The van der Waals surface area contributed by atoms with E-state index in [1.807, 2.05) is 24.4 Å². The van der Waals surface area contributed by atoms with Crippen LogP contribution in [0.5, 0.6) is 0 Å². The summed E-state index contributed by atoms with van der Waals surface area (Å²) in [5.41, 5.74) is 2.16. The predicted molar refractivity (Wildman–Crippen MR) is 113 cm³/mol. The summed E-state index contributed by atoms with van der Waals surface area (Å²) in [5.74, 6) is 2.75. The number of hydrogen-bond donors (Lipinski definition) is 1. The molecule has 3 aromatic rings. The summed E-state index contributed by atoms with van der Waals surface area (Å²) in [7, 11) is 0. The van der Waals surface area contributed by atoms with E-state index in [9.17, 15) is 0 Å². The van der Waals surface area contributed by atoms with Crippen molar-refractivity contribution in [2.75, 3.05) is 19.6 Å². The molecule has 4 heterocycles. The Bertz CT molecular complexity index is 964. The summed E-state index contributed by atoms with van der Waals surface area (Å²) in [5, 5.41) is 14.2. The molecule has 0 atom stereocenters. The lowest BCUT2D eigenvalue weighted by molar-refractivity contribution is 0.200. The summed E-state index contributed by atoms with van der Waals surface area (Å²) in [4.78, 5) is 7.06. The van der Waals surface area contributed by atoms with Crippen LogP contribution in [-0.4, -0.2) is 44.3 Å². The van der Waals surface area contributed by atoms with Gasteiger partial charge in [0.25, 0.3) is 0 Å². The normalized spacial score (nSPS) is 18.0. The lowest BCUT2D eigenvalue weighted by atomic mass is 9.95. The lowest BCUT2D eigenvalue weighted by Gasteiger charge is -2.32. The van der Waals surface area contributed by atoms with Gasteiger partial charge in [0.15, 0.2) is 0 Å². The fourth-order valence-electron chi connectivity index (χ4n) is 4.32. The Hall–Kier alpha value is -1.73. The lowest BCUT2D eigenvalue weighted by Crippen LogP contribution is -2.35. The molecule has 1 saturated heterocycles. The van der Waals surface area contributed by atoms with E-state index in [1.165, 1.54) is 5.82 Å². The maximum Gasteiger partial charge on any atom is 0.147 e. The number of piperidine rings is 1. The summed E-state index contributed by atoms with van der Waals surface area (Å²) >= 11 is 6.52. The minimum Gasteiger partial charge on any atom is -0.312 e. The molecule has 2 aromatic heterocycles. The maximum atomic E-state index is 6.52. The zero-order chi connectivity index (χ0) is 18.2. The molecule has 0 amide bonds. The van der Waals surface area contributed by atoms with Gasteiger partial charge >= 0.3 is 0 Å². The number of likely N-dealkylation sites (tertiary alicyclic amines) is 1. The fourth-order valence-corrected chi connectivity index (χ4v) is 4.53. The van der Waals surface area contributed by atoms with Crippen molar-refractivity contribution in [2.45, 2.75) is 38.4 Å². The van der Waals surface area contributed by atoms with Crippen molar-refractivity contribution in [1.29, 1.82) is 0 Å². The maximum absolute atomic E-state index is 6.52. The van der Waals surface area contributed by atoms with Gasteiger partial charge in [-0.2, -0.15) is 0 Å². The highest BCUT2D eigenvalue weighted by Crippen LogP contribution is 2.31. The number of benzene rings is 1. The van der Waals surface area contributed by atoms with Crippen LogP contribution in [0, 0.1) is 0 Å². The van der Waals surface area contributed by atoms with Crippen molar-refractivity contribution in [3.8, 4) is 0 Å². The van der Waals surface area contributed by atoms with Gasteiger partial charge in [-0.15, -0.1) is 22.6 Å². The van der Waals surface area contributed by atoms with E-state index in [2.05, 4.69) is 36.0 Å². The van der Waals surface area contributed by atoms with Gasteiger partial charge in [-0.05, 0) is 38.1 Å². The van der Waals surface area contributed by atoms with E-state index >= 15 is 0 Å². The quantitative estimate of drug-likeness (QED) is 0.706. The van der Waals surface area contributed by atoms with Gasteiger partial charge in [0.1, 0.15) is 11.6 Å². The van der Waals surface area contributed by atoms with Crippen molar-refractivity contribution >= 4 is 34.9 Å². The number of rotatable bonds is 3. The standard InChI is InChI=1S/C20H23ClN6.ClH/c21-17-4-3-14-2-1-7-23-19(14)16(17)13-26-9-5-15(6-10-26)20-25-24-18-12-22-8-11-27(18)20;/h1-4,7,15,22H,5-6,8-13H2;1H. The van der Waals surface area contributed by atoms with Gasteiger partial charge in [-0.1, -0.05) is 23.7 Å². The van der Waals surface area contributed by atoms with E-state index in [-0.39, 0.29) is 12.4 Å². The van der Waals surface area contributed by atoms with E-state index in [0.29, 0.717) is 5.92 Å². The molecule has 28 heavy (non-hydrogen) atoms. The van der Waals surface area contributed by atoms with Crippen LogP contribution in [0.4, 0.5) is 0 Å². The molecule has 8 heteroatoms. The first kappa shape index (κ1) is 19.6. The highest BCUT2D eigenvalue weighted by atomic mass is 35.5. The molecule has 0 saturated carbocycles. The molecule has 6 nitrogen and oxygen atoms in total. The number of nitrogens with zero attached hydrogens (tertiary/aromatic N) is 5. The molecule has 1 N–H and O–H groups in total. The minimum atomic E-state index is 0. The Morgan fingerprint density at radius 3 is 2.82 bits per heavy atom. The van der Waals surface area contributed by atoms with E-state index < -0.39 is 0 Å². The van der Waals surface area contributed by atoms with Crippen LogP contribution >= 0.6 is 24.0 Å². The van der Waals surface area contributed by atoms with Crippen LogP contribution in [0.3, 0.4) is 0 Å². The third-order valence-corrected chi connectivity index (χ3v) is 6.16. The van der Waals surface area contributed by atoms with Gasteiger partial charge in [-0.25, -0.2) is 0 Å². The molecule has 0 spiro atoms. The highest BCUT2D eigenvalue weighted by Gasteiger charge is 2.27. The third-order valence-electron chi connectivity index (χ3n) is 5.81. The second kappa shape index (κ2) is 8.33. The molecule has 5 rings (SSSR count). The number of hydrogen-bond acceptors (Lipinski definition) is 5. The highest BCUT2D eigenvalue weighted by molar-refractivity contribution is 6.32. The molecular formula is C20H24Cl2N6. The van der Waals surface area contributed by atoms with E-state index in [4.69, 9.17) is 11.6 Å². The molecule has 2 aliphatic heterocycles. The van der Waals surface area contributed by atoms with Gasteiger partial charge in [-0.3, -0.25) is 9.88 Å². The number of fused-ring (bicyclic) bond motifs is 2. The van der Waals surface area contributed by atoms with E-state index in [1.54, 1.807) is 0 Å². The Kier molecular flexibility index (Phi) is 5.83. The van der Waals surface area contributed by atoms with Crippen molar-refractivity contribution in [3.05, 3.63) is 52.7 Å². The summed E-state index contributed by atoms with van der Waals surface area (Å²) in [6.07, 6.45) is 4.07. The second-order valence-electron chi connectivity index (χ2n) is 7.45. The first-order chi connectivity index (χ1) is 13.3. The molecule has 148 valence electrons. The summed E-state index contributed by atoms with van der Waals surface area (Å²) < 4.78 is 2.32. The van der Waals surface area contributed by atoms with Crippen LogP contribution in [0.15, 0.2) is 30.5 Å². The Morgan fingerprint density at radius 1 is 1.11 bits per heavy atom. The molecule has 1 aromatic carbocycles. The van der Waals surface area contributed by atoms with Crippen molar-refractivity contribution in [2.24, 2.45) is 0 Å². The SMILES string of the molecule is Cl.Clc1ccc2cccnc2c1CN1CCC(c2nnc3n2CCNC3)CC1. The second-order valence-corrected chi connectivity index (χ2v) is 7.86. The van der Waals surface area contributed by atoms with Gasteiger partial charge < -0.3 is 9.88 Å². The number of aromatic nitrogens is 4. The monoisotopic (exact) mass is 418 g/mol. The average molecular weight is 419 g/mol. The van der Waals surface area contributed by atoms with Crippen molar-refractivity contribution < 1.29 is 0 Å². The molecule has 2 aliphatic rings. The summed E-state index contributed by atoms with van der Waals surface area (Å²) in [6.45, 7) is 5.76. The van der Waals surface area contributed by atoms with Crippen LogP contribution in [0.1, 0.15) is 36.0 Å². The van der Waals surface area contributed by atoms with Crippen LogP contribution in [-0.2, 0) is 19.6 Å². The predicted octanol–water partition coefficient (Wildman–Crippen LogP) is 3.38. The largest absolute Gasteiger partial charge is 0.312 e. The number of halogens is 2. The molecule has 0 bridgehead atoms. The Labute approximate surface area is 175 Å². The summed E-state index contributed by atoms with van der Waals surface area (Å²) in [6, 6.07) is 8.10. The van der Waals surface area contributed by atoms with Gasteiger partial charge in [0.2, 0.25) is 0 Å². The van der Waals surface area contributed by atoms with Crippen LogP contribution in [0.25, 0.3) is 10.9 Å². The zero-order valence-corrected chi connectivity index (χ0v) is 17.2. The van der Waals surface area contributed by atoms with Crippen LogP contribution < -0.4 is 5.32 Å². The molecular weight excluding hydrogens is 395 g/mol. The molecule has 1 fully saturated rings. The number of nitrogens with one attached hydrogen (secondary N) is 1. The Balaban J connectivity index is 0.00000192. The molecule has 0 unspecified atom stereocenters. The topological polar surface area (TPSA) is 58.9 Å². The van der Waals surface area contributed by atoms with Crippen molar-refractivity contribution in [3.63, 3.8) is 0 Å². The first-order valence-corrected chi connectivity index (χ1v) is 10.0. The molecule has 0 radical (unpaired) electrons. The molecule has 0 aliphatic carbocycles. The van der Waals surface area contributed by atoms with E-state index in [0.717, 1.165) is 79.4 Å². The van der Waals surface area contributed by atoms with Gasteiger partial charge in [0, 0.05) is 47.7 Å². The first-order valence-electron chi connectivity index (χ1n) is 9.67. The fraction of sp³-hybridized carbons (Fsp3) is 0.450. The smallest absolute Gasteiger partial charge is 0.147 e. The zero-order valence-electron chi connectivity index (χ0n) is 15.6. The third kappa shape index (κ3) is 3.62.